The van der Waals surface area contributed by atoms with Crippen LogP contribution in [-0.2, 0) is 9.53 Å². The van der Waals surface area contributed by atoms with Crippen LogP contribution in [0.3, 0.4) is 0 Å². The van der Waals surface area contributed by atoms with Crippen LogP contribution in [0.15, 0.2) is 0 Å². The first-order valence-electron chi connectivity index (χ1n) is 16.8. The van der Waals surface area contributed by atoms with Gasteiger partial charge in [0.05, 0.1) is 12.5 Å². The largest absolute Gasteiger partial charge is 0.465 e. The van der Waals surface area contributed by atoms with Crippen molar-refractivity contribution in [3.05, 3.63) is 0 Å². The molecule has 0 N–H and O–H groups in total. The highest BCUT2D eigenvalue weighted by Crippen LogP contribution is 2.21. The van der Waals surface area contributed by atoms with Gasteiger partial charge >= 0.3 is 5.97 Å². The van der Waals surface area contributed by atoms with E-state index in [9.17, 15) is 4.79 Å². The first kappa shape index (κ1) is 35.5. The van der Waals surface area contributed by atoms with E-state index in [2.05, 4.69) is 27.7 Å². The van der Waals surface area contributed by atoms with Crippen molar-refractivity contribution in [2.24, 2.45) is 11.8 Å². The average Bonchev–Trinajstić information content (AvgIpc) is 2.88. The lowest BCUT2D eigenvalue weighted by atomic mass is 9.94. The van der Waals surface area contributed by atoms with Crippen LogP contribution in [0.5, 0.6) is 0 Å². The number of ether oxygens (including phenoxy) is 1. The maximum Gasteiger partial charge on any atom is 0.308 e. The summed E-state index contributed by atoms with van der Waals surface area (Å²) in [6, 6.07) is 0. The molecular formula is C34H68O2. The van der Waals surface area contributed by atoms with Gasteiger partial charge in [-0.25, -0.2) is 0 Å². The third kappa shape index (κ3) is 25.1. The van der Waals surface area contributed by atoms with Gasteiger partial charge in [0.2, 0.25) is 0 Å². The summed E-state index contributed by atoms with van der Waals surface area (Å²) in [6.07, 6.45) is 34.7. The standard InChI is InChI=1S/C34H68O2/c1-5-8-11-14-16-18-20-22-24-27-30-33(29-26-23-21-19-17-15-12-9-6-2)31-36-34(35)32(4)28-25-13-10-7-3/h32-33H,5-31H2,1-4H3. The molecule has 2 nitrogen and oxygen atoms in total. The predicted octanol–water partition coefficient (Wildman–Crippen LogP) is 12.0. The Hall–Kier alpha value is -0.530. The van der Waals surface area contributed by atoms with Crippen molar-refractivity contribution >= 4 is 5.97 Å². The molecule has 0 aromatic rings. The molecule has 2 unspecified atom stereocenters. The van der Waals surface area contributed by atoms with Gasteiger partial charge in [0.25, 0.3) is 0 Å². The van der Waals surface area contributed by atoms with Crippen LogP contribution in [0, 0.1) is 11.8 Å². The third-order valence-electron chi connectivity index (χ3n) is 8.04. The SMILES string of the molecule is CCCCCCCCCCCCC(CCCCCCCCCCC)COC(=O)C(C)CCCCCC. The first-order chi connectivity index (χ1) is 17.7. The molecule has 0 spiro atoms. The molecule has 0 aliphatic rings. The highest BCUT2D eigenvalue weighted by molar-refractivity contribution is 5.71. The van der Waals surface area contributed by atoms with E-state index < -0.39 is 0 Å². The van der Waals surface area contributed by atoms with Gasteiger partial charge in [-0.05, 0) is 25.2 Å². The van der Waals surface area contributed by atoms with Crippen molar-refractivity contribution in [3.63, 3.8) is 0 Å². The van der Waals surface area contributed by atoms with E-state index in [4.69, 9.17) is 4.74 Å². The van der Waals surface area contributed by atoms with E-state index in [0.29, 0.717) is 12.5 Å². The molecule has 36 heavy (non-hydrogen) atoms. The fourth-order valence-electron chi connectivity index (χ4n) is 5.31. The molecular weight excluding hydrogens is 440 g/mol. The molecule has 0 aromatic carbocycles. The van der Waals surface area contributed by atoms with Gasteiger partial charge in [0.15, 0.2) is 0 Å². The summed E-state index contributed by atoms with van der Waals surface area (Å²) in [5, 5.41) is 0. The third-order valence-corrected chi connectivity index (χ3v) is 8.04. The topological polar surface area (TPSA) is 26.3 Å². The van der Waals surface area contributed by atoms with Crippen LogP contribution in [0.1, 0.15) is 195 Å². The lowest BCUT2D eigenvalue weighted by Crippen LogP contribution is -2.20. The molecule has 0 fully saturated rings. The van der Waals surface area contributed by atoms with Crippen molar-refractivity contribution in [2.75, 3.05) is 6.61 Å². The van der Waals surface area contributed by atoms with Gasteiger partial charge in [-0.2, -0.15) is 0 Å². The van der Waals surface area contributed by atoms with Crippen LogP contribution in [0.25, 0.3) is 0 Å². The van der Waals surface area contributed by atoms with Crippen molar-refractivity contribution in [1.82, 2.24) is 0 Å². The highest BCUT2D eigenvalue weighted by Gasteiger charge is 2.17. The quantitative estimate of drug-likeness (QED) is 0.0741. The van der Waals surface area contributed by atoms with Crippen molar-refractivity contribution in [1.29, 1.82) is 0 Å². The summed E-state index contributed by atoms with van der Waals surface area (Å²) < 4.78 is 5.86. The maximum absolute atomic E-state index is 12.6. The lowest BCUT2D eigenvalue weighted by Gasteiger charge is -2.19. The average molecular weight is 509 g/mol. The molecule has 2 heteroatoms. The minimum Gasteiger partial charge on any atom is -0.465 e. The van der Waals surface area contributed by atoms with Gasteiger partial charge in [0, 0.05) is 0 Å². The van der Waals surface area contributed by atoms with Gasteiger partial charge in [-0.15, -0.1) is 0 Å². The van der Waals surface area contributed by atoms with Gasteiger partial charge in [-0.1, -0.05) is 175 Å². The summed E-state index contributed by atoms with van der Waals surface area (Å²) in [7, 11) is 0. The fourth-order valence-corrected chi connectivity index (χ4v) is 5.31. The van der Waals surface area contributed by atoms with Crippen molar-refractivity contribution in [2.45, 2.75) is 195 Å². The predicted molar refractivity (Wildman–Crippen MR) is 161 cm³/mol. The zero-order chi connectivity index (χ0) is 26.5. The summed E-state index contributed by atoms with van der Waals surface area (Å²) in [5.41, 5.74) is 0. The molecule has 0 aromatic heterocycles. The van der Waals surface area contributed by atoms with E-state index in [-0.39, 0.29) is 11.9 Å². The molecule has 2 atom stereocenters. The molecule has 0 heterocycles. The second-order valence-electron chi connectivity index (χ2n) is 11.8. The number of carbonyl (C=O) groups is 1. The van der Waals surface area contributed by atoms with E-state index >= 15 is 0 Å². The highest BCUT2D eigenvalue weighted by atomic mass is 16.5. The molecule has 216 valence electrons. The zero-order valence-electron chi connectivity index (χ0n) is 25.6. The molecule has 0 aliphatic heterocycles. The van der Waals surface area contributed by atoms with Gasteiger partial charge < -0.3 is 4.74 Å². The Balaban J connectivity index is 4.13. The number of carbonyl (C=O) groups excluding carboxylic acids is 1. The van der Waals surface area contributed by atoms with E-state index in [1.54, 1.807) is 0 Å². The van der Waals surface area contributed by atoms with E-state index in [1.165, 1.54) is 154 Å². The second kappa shape index (κ2) is 29.0. The summed E-state index contributed by atoms with van der Waals surface area (Å²) >= 11 is 0. The normalized spacial score (nSPS) is 13.1. The Morgan fingerprint density at radius 3 is 1.17 bits per heavy atom. The number of unbranched alkanes of at least 4 members (excludes halogenated alkanes) is 20. The molecule has 0 saturated heterocycles. The smallest absolute Gasteiger partial charge is 0.308 e. The Morgan fingerprint density at radius 2 is 0.778 bits per heavy atom. The van der Waals surface area contributed by atoms with E-state index in [1.807, 2.05) is 0 Å². The lowest BCUT2D eigenvalue weighted by molar-refractivity contribution is -0.149. The summed E-state index contributed by atoms with van der Waals surface area (Å²) in [6.45, 7) is 9.54. The van der Waals surface area contributed by atoms with Gasteiger partial charge in [0.1, 0.15) is 0 Å². The van der Waals surface area contributed by atoms with Crippen LogP contribution in [-0.4, -0.2) is 12.6 Å². The fraction of sp³-hybridized carbons (Fsp3) is 0.971. The molecule has 0 amide bonds. The molecule has 0 rings (SSSR count). The Labute approximate surface area is 228 Å². The number of hydrogen-bond donors (Lipinski definition) is 0. The summed E-state index contributed by atoms with van der Waals surface area (Å²) in [4.78, 5) is 12.6. The minimum absolute atomic E-state index is 0.0478. The van der Waals surface area contributed by atoms with Gasteiger partial charge in [-0.3, -0.25) is 4.79 Å². The monoisotopic (exact) mass is 509 g/mol. The molecule has 0 bridgehead atoms. The van der Waals surface area contributed by atoms with Crippen LogP contribution in [0.2, 0.25) is 0 Å². The Morgan fingerprint density at radius 1 is 0.472 bits per heavy atom. The number of rotatable bonds is 29. The minimum atomic E-state index is 0.0478. The maximum atomic E-state index is 12.6. The molecule has 0 saturated carbocycles. The van der Waals surface area contributed by atoms with Crippen LogP contribution >= 0.6 is 0 Å². The van der Waals surface area contributed by atoms with Crippen LogP contribution < -0.4 is 0 Å². The second-order valence-corrected chi connectivity index (χ2v) is 11.8. The summed E-state index contributed by atoms with van der Waals surface area (Å²) in [5.74, 6) is 0.680. The number of esters is 1. The molecule has 0 aliphatic carbocycles. The number of hydrogen-bond acceptors (Lipinski definition) is 2. The Bertz CT molecular complexity index is 433. The first-order valence-corrected chi connectivity index (χ1v) is 16.8. The van der Waals surface area contributed by atoms with E-state index in [0.717, 1.165) is 12.8 Å². The van der Waals surface area contributed by atoms with Crippen molar-refractivity contribution < 1.29 is 9.53 Å². The Kier molecular flexibility index (Phi) is 28.6. The van der Waals surface area contributed by atoms with Crippen molar-refractivity contribution in [3.8, 4) is 0 Å². The molecule has 0 radical (unpaired) electrons. The zero-order valence-corrected chi connectivity index (χ0v) is 25.6. The van der Waals surface area contributed by atoms with Crippen LogP contribution in [0.4, 0.5) is 0 Å².